The fourth-order valence-corrected chi connectivity index (χ4v) is 4.35. The second-order valence-corrected chi connectivity index (χ2v) is 10.7. The zero-order valence-electron chi connectivity index (χ0n) is 19.5. The smallest absolute Gasteiger partial charge is 0.407 e. The molecule has 3 N–H and O–H groups in total. The quantitative estimate of drug-likeness (QED) is 0.368. The second kappa shape index (κ2) is 11.9. The summed E-state index contributed by atoms with van der Waals surface area (Å²) in [5.74, 6) is 2.40. The normalized spacial score (nSPS) is 18.5. The van der Waals surface area contributed by atoms with Crippen molar-refractivity contribution in [2.75, 3.05) is 23.7 Å². The van der Waals surface area contributed by atoms with E-state index in [1.54, 1.807) is 6.20 Å². The Morgan fingerprint density at radius 2 is 1.79 bits per heavy atom. The summed E-state index contributed by atoms with van der Waals surface area (Å²) in [7, 11) is 0. The number of ether oxygens (including phenoxy) is 1. The summed E-state index contributed by atoms with van der Waals surface area (Å²) in [6, 6.07) is 7.72. The fraction of sp³-hybridized carbons (Fsp3) is 0.542. The third-order valence-corrected chi connectivity index (χ3v) is 6.55. The Balaban J connectivity index is 1.42. The van der Waals surface area contributed by atoms with Crippen molar-refractivity contribution >= 4 is 45.4 Å². The SMILES string of the molecule is CC(C)(C)OC(=O)NCC1CCC(CNc2nc(NCc3ccccc3Cl)ncc2Br)CC1. The number of rotatable bonds is 8. The van der Waals surface area contributed by atoms with Gasteiger partial charge in [-0.05, 0) is 85.9 Å². The summed E-state index contributed by atoms with van der Waals surface area (Å²) in [6.07, 6.45) is 5.85. The van der Waals surface area contributed by atoms with Gasteiger partial charge in [-0.1, -0.05) is 29.8 Å². The van der Waals surface area contributed by atoms with Gasteiger partial charge in [0.05, 0.1) is 4.47 Å². The Bertz CT molecular complexity index is 929. The van der Waals surface area contributed by atoms with E-state index in [0.29, 0.717) is 30.9 Å². The minimum absolute atomic E-state index is 0.334. The molecule has 1 aliphatic carbocycles. The largest absolute Gasteiger partial charge is 0.444 e. The number of amides is 1. The van der Waals surface area contributed by atoms with Crippen molar-refractivity contribution in [3.05, 3.63) is 45.5 Å². The lowest BCUT2D eigenvalue weighted by Crippen LogP contribution is -2.36. The molecule has 0 aliphatic heterocycles. The van der Waals surface area contributed by atoms with Gasteiger partial charge in [0.2, 0.25) is 5.95 Å². The molecule has 33 heavy (non-hydrogen) atoms. The standard InChI is InChI=1S/C24H33BrClN5O2/c1-24(2,3)33-23(32)30-13-17-10-8-16(9-11-17)12-27-21-19(25)15-29-22(31-21)28-14-18-6-4-5-7-20(18)26/h4-7,15-17H,8-14H2,1-3H3,(H,30,32)(H2,27,28,29,31). The molecule has 1 fully saturated rings. The van der Waals surface area contributed by atoms with Crippen LogP contribution in [0, 0.1) is 11.8 Å². The summed E-state index contributed by atoms with van der Waals surface area (Å²) < 4.78 is 6.15. The molecule has 1 aromatic carbocycles. The number of halogens is 2. The van der Waals surface area contributed by atoms with E-state index in [9.17, 15) is 4.79 Å². The number of carbonyl (C=O) groups is 1. The molecule has 0 bridgehead atoms. The van der Waals surface area contributed by atoms with E-state index in [1.807, 2.05) is 45.0 Å². The molecule has 3 rings (SSSR count). The minimum Gasteiger partial charge on any atom is -0.444 e. The Labute approximate surface area is 209 Å². The highest BCUT2D eigenvalue weighted by Gasteiger charge is 2.23. The highest BCUT2D eigenvalue weighted by atomic mass is 79.9. The fourth-order valence-electron chi connectivity index (χ4n) is 3.81. The van der Waals surface area contributed by atoms with Crippen LogP contribution >= 0.6 is 27.5 Å². The van der Waals surface area contributed by atoms with Crippen LogP contribution in [-0.2, 0) is 11.3 Å². The van der Waals surface area contributed by atoms with Gasteiger partial charge in [-0.2, -0.15) is 4.98 Å². The van der Waals surface area contributed by atoms with Crippen LogP contribution in [-0.4, -0.2) is 34.8 Å². The highest BCUT2D eigenvalue weighted by molar-refractivity contribution is 9.10. The van der Waals surface area contributed by atoms with Crippen molar-refractivity contribution in [3.63, 3.8) is 0 Å². The van der Waals surface area contributed by atoms with Gasteiger partial charge < -0.3 is 20.7 Å². The van der Waals surface area contributed by atoms with Crippen LogP contribution < -0.4 is 16.0 Å². The molecule has 0 saturated heterocycles. The Kier molecular flexibility index (Phi) is 9.20. The van der Waals surface area contributed by atoms with Gasteiger partial charge in [-0.25, -0.2) is 9.78 Å². The first-order valence-corrected chi connectivity index (χ1v) is 12.6. The first-order valence-electron chi connectivity index (χ1n) is 11.4. The molecule has 1 heterocycles. The molecule has 1 saturated carbocycles. The van der Waals surface area contributed by atoms with Crippen molar-refractivity contribution in [3.8, 4) is 0 Å². The van der Waals surface area contributed by atoms with Crippen molar-refractivity contribution < 1.29 is 9.53 Å². The minimum atomic E-state index is -0.466. The number of nitrogens with one attached hydrogen (secondary N) is 3. The number of alkyl carbamates (subject to hydrolysis) is 1. The van der Waals surface area contributed by atoms with E-state index in [1.165, 1.54) is 0 Å². The zero-order chi connectivity index (χ0) is 23.8. The van der Waals surface area contributed by atoms with Crippen molar-refractivity contribution in [2.24, 2.45) is 11.8 Å². The van der Waals surface area contributed by atoms with E-state index in [-0.39, 0.29) is 6.09 Å². The highest BCUT2D eigenvalue weighted by Crippen LogP contribution is 2.29. The van der Waals surface area contributed by atoms with Crippen LogP contribution in [0.4, 0.5) is 16.6 Å². The van der Waals surface area contributed by atoms with Gasteiger partial charge in [0.1, 0.15) is 11.4 Å². The summed E-state index contributed by atoms with van der Waals surface area (Å²) in [5.41, 5.74) is 0.533. The molecule has 2 aromatic rings. The lowest BCUT2D eigenvalue weighted by atomic mass is 9.82. The van der Waals surface area contributed by atoms with E-state index in [4.69, 9.17) is 16.3 Å². The number of anilines is 2. The first kappa shape index (κ1) is 25.6. The summed E-state index contributed by atoms with van der Waals surface area (Å²) >= 11 is 9.76. The maximum atomic E-state index is 11.9. The average Bonchev–Trinajstić information content (AvgIpc) is 2.77. The molecule has 0 radical (unpaired) electrons. The Hall–Kier alpha value is -2.06. The molecule has 1 aliphatic rings. The lowest BCUT2D eigenvalue weighted by molar-refractivity contribution is 0.0513. The predicted molar refractivity (Wildman–Crippen MR) is 137 cm³/mol. The summed E-state index contributed by atoms with van der Waals surface area (Å²) in [6.45, 7) is 7.71. The van der Waals surface area contributed by atoms with E-state index >= 15 is 0 Å². The third kappa shape index (κ3) is 8.66. The van der Waals surface area contributed by atoms with Crippen LogP contribution in [0.5, 0.6) is 0 Å². The molecule has 0 unspecified atom stereocenters. The number of nitrogens with zero attached hydrogens (tertiary/aromatic N) is 2. The van der Waals surface area contributed by atoms with Crippen LogP contribution in [0.15, 0.2) is 34.9 Å². The lowest BCUT2D eigenvalue weighted by Gasteiger charge is -2.29. The zero-order valence-corrected chi connectivity index (χ0v) is 21.8. The Morgan fingerprint density at radius 3 is 2.45 bits per heavy atom. The van der Waals surface area contributed by atoms with Gasteiger partial charge >= 0.3 is 6.09 Å². The molecule has 0 atom stereocenters. The topological polar surface area (TPSA) is 88.2 Å². The molecular weight excluding hydrogens is 506 g/mol. The molecular formula is C24H33BrClN5O2. The Morgan fingerprint density at radius 1 is 1.12 bits per heavy atom. The predicted octanol–water partition coefficient (Wildman–Crippen LogP) is 6.25. The maximum absolute atomic E-state index is 11.9. The van der Waals surface area contributed by atoms with Crippen molar-refractivity contribution in [2.45, 2.75) is 58.6 Å². The number of hydrogen-bond donors (Lipinski definition) is 3. The average molecular weight is 539 g/mol. The third-order valence-electron chi connectivity index (χ3n) is 5.60. The van der Waals surface area contributed by atoms with Gasteiger partial charge in [0.15, 0.2) is 0 Å². The number of carbonyl (C=O) groups excluding carboxylic acids is 1. The van der Waals surface area contributed by atoms with Crippen molar-refractivity contribution in [1.29, 1.82) is 0 Å². The molecule has 1 amide bonds. The van der Waals surface area contributed by atoms with Gasteiger partial charge in [0, 0.05) is 30.9 Å². The first-order chi connectivity index (χ1) is 15.7. The van der Waals surface area contributed by atoms with Crippen LogP contribution in [0.3, 0.4) is 0 Å². The van der Waals surface area contributed by atoms with E-state index < -0.39 is 5.60 Å². The van der Waals surface area contributed by atoms with Crippen LogP contribution in [0.25, 0.3) is 0 Å². The molecule has 0 spiro atoms. The van der Waals surface area contributed by atoms with E-state index in [2.05, 4.69) is 41.8 Å². The summed E-state index contributed by atoms with van der Waals surface area (Å²) in [4.78, 5) is 20.8. The number of aromatic nitrogens is 2. The van der Waals surface area contributed by atoms with Gasteiger partial charge in [0.25, 0.3) is 0 Å². The van der Waals surface area contributed by atoms with Crippen molar-refractivity contribution in [1.82, 2.24) is 15.3 Å². The second-order valence-electron chi connectivity index (χ2n) is 9.49. The van der Waals surface area contributed by atoms with Gasteiger partial charge in [-0.3, -0.25) is 0 Å². The number of benzene rings is 1. The van der Waals surface area contributed by atoms with E-state index in [0.717, 1.165) is 53.1 Å². The van der Waals surface area contributed by atoms with Crippen LogP contribution in [0.2, 0.25) is 5.02 Å². The monoisotopic (exact) mass is 537 g/mol. The molecule has 1 aromatic heterocycles. The molecule has 180 valence electrons. The van der Waals surface area contributed by atoms with Crippen LogP contribution in [0.1, 0.15) is 52.0 Å². The maximum Gasteiger partial charge on any atom is 0.407 e. The molecule has 7 nitrogen and oxygen atoms in total. The number of hydrogen-bond acceptors (Lipinski definition) is 6. The molecule has 9 heteroatoms. The summed E-state index contributed by atoms with van der Waals surface area (Å²) in [5, 5.41) is 10.3. The van der Waals surface area contributed by atoms with Gasteiger partial charge in [-0.15, -0.1) is 0 Å².